The molecule has 0 atom stereocenters. The van der Waals surface area contributed by atoms with Gasteiger partial charge in [-0.25, -0.2) is 4.68 Å². The zero-order valence-corrected chi connectivity index (χ0v) is 20.3. The number of nitrogens with one attached hydrogen (secondary N) is 1. The maximum Gasteiger partial charge on any atom is 0.416 e. The second kappa shape index (κ2) is 10.7. The third-order valence-electron chi connectivity index (χ3n) is 5.65. The van der Waals surface area contributed by atoms with Gasteiger partial charge in [-0.05, 0) is 60.2 Å². The molecule has 0 radical (unpaired) electrons. The molecule has 0 fully saturated rings. The lowest BCUT2D eigenvalue weighted by Crippen LogP contribution is -2.25. The molecule has 192 valence electrons. The number of carbonyl (C=O) groups excluding carboxylic acids is 1. The summed E-state index contributed by atoms with van der Waals surface area (Å²) in [5.41, 5.74) is 1.39. The lowest BCUT2D eigenvalue weighted by Gasteiger charge is -2.11. The summed E-state index contributed by atoms with van der Waals surface area (Å²) >= 11 is 0. The lowest BCUT2D eigenvalue weighted by atomic mass is 10.1. The Morgan fingerprint density at radius 1 is 0.892 bits per heavy atom. The van der Waals surface area contributed by atoms with Crippen LogP contribution in [-0.4, -0.2) is 37.0 Å². The highest BCUT2D eigenvalue weighted by atomic mass is 19.4. The van der Waals surface area contributed by atoms with Gasteiger partial charge in [0, 0.05) is 18.2 Å². The SMILES string of the molecule is COc1ccc(-n2nc(-c3ccc(OC)cc3OC)cc2C(=O)NCc2cccc(C(F)(F)F)c2)cc1. The maximum atomic E-state index is 13.2. The highest BCUT2D eigenvalue weighted by molar-refractivity contribution is 5.94. The fourth-order valence-corrected chi connectivity index (χ4v) is 3.74. The second-order valence-electron chi connectivity index (χ2n) is 7.97. The van der Waals surface area contributed by atoms with Gasteiger partial charge in [0.25, 0.3) is 5.91 Å². The van der Waals surface area contributed by atoms with Crippen molar-refractivity contribution in [1.82, 2.24) is 15.1 Å². The van der Waals surface area contributed by atoms with Crippen LogP contribution in [0.15, 0.2) is 72.8 Å². The Hall–Kier alpha value is -4.47. The van der Waals surface area contributed by atoms with Gasteiger partial charge in [-0.3, -0.25) is 4.79 Å². The van der Waals surface area contributed by atoms with E-state index >= 15 is 0 Å². The van der Waals surface area contributed by atoms with Crippen molar-refractivity contribution in [3.8, 4) is 34.2 Å². The van der Waals surface area contributed by atoms with Crippen molar-refractivity contribution in [2.75, 3.05) is 21.3 Å². The minimum absolute atomic E-state index is 0.0995. The average molecular weight is 512 g/mol. The second-order valence-corrected chi connectivity index (χ2v) is 7.97. The van der Waals surface area contributed by atoms with Crippen LogP contribution in [0, 0.1) is 0 Å². The molecule has 1 aromatic heterocycles. The molecule has 3 aromatic carbocycles. The van der Waals surface area contributed by atoms with Crippen molar-refractivity contribution in [3.05, 3.63) is 89.6 Å². The highest BCUT2D eigenvalue weighted by Gasteiger charge is 2.30. The number of methoxy groups -OCH3 is 3. The van der Waals surface area contributed by atoms with Gasteiger partial charge in [-0.15, -0.1) is 0 Å². The van der Waals surface area contributed by atoms with Crippen LogP contribution < -0.4 is 19.5 Å². The van der Waals surface area contributed by atoms with Crippen LogP contribution in [0.1, 0.15) is 21.6 Å². The number of carbonyl (C=O) groups is 1. The van der Waals surface area contributed by atoms with Gasteiger partial charge in [0.05, 0.1) is 38.3 Å². The van der Waals surface area contributed by atoms with E-state index in [4.69, 9.17) is 14.2 Å². The number of hydrogen-bond acceptors (Lipinski definition) is 5. The normalized spacial score (nSPS) is 11.2. The Morgan fingerprint density at radius 2 is 1.59 bits per heavy atom. The predicted molar refractivity (Wildman–Crippen MR) is 131 cm³/mol. The van der Waals surface area contributed by atoms with Gasteiger partial charge in [0.2, 0.25) is 0 Å². The Bertz CT molecular complexity index is 1400. The Labute approximate surface area is 211 Å². The van der Waals surface area contributed by atoms with Gasteiger partial charge in [0.15, 0.2) is 0 Å². The van der Waals surface area contributed by atoms with Crippen molar-refractivity contribution < 1.29 is 32.2 Å². The Kier molecular flexibility index (Phi) is 7.37. The summed E-state index contributed by atoms with van der Waals surface area (Å²) < 4.78 is 56.6. The molecule has 1 heterocycles. The quantitative estimate of drug-likeness (QED) is 0.338. The molecule has 0 aliphatic heterocycles. The van der Waals surface area contributed by atoms with Crippen molar-refractivity contribution in [3.63, 3.8) is 0 Å². The van der Waals surface area contributed by atoms with Crippen LogP contribution in [0.3, 0.4) is 0 Å². The first-order valence-corrected chi connectivity index (χ1v) is 11.1. The molecule has 0 spiro atoms. The molecule has 0 saturated carbocycles. The average Bonchev–Trinajstić information content (AvgIpc) is 3.36. The summed E-state index contributed by atoms with van der Waals surface area (Å²) in [5, 5.41) is 7.33. The van der Waals surface area contributed by atoms with Gasteiger partial charge in [-0.2, -0.15) is 18.3 Å². The van der Waals surface area contributed by atoms with Crippen molar-refractivity contribution >= 4 is 5.91 Å². The molecule has 0 aliphatic carbocycles. The lowest BCUT2D eigenvalue weighted by molar-refractivity contribution is -0.137. The van der Waals surface area contributed by atoms with Gasteiger partial charge in [-0.1, -0.05) is 12.1 Å². The van der Waals surface area contributed by atoms with E-state index in [2.05, 4.69) is 10.4 Å². The number of rotatable bonds is 8. The Balaban J connectivity index is 1.70. The minimum Gasteiger partial charge on any atom is -0.497 e. The number of amides is 1. The van der Waals surface area contributed by atoms with Crippen molar-refractivity contribution in [2.45, 2.75) is 12.7 Å². The summed E-state index contributed by atoms with van der Waals surface area (Å²) in [4.78, 5) is 13.2. The van der Waals surface area contributed by atoms with Crippen LogP contribution in [0.25, 0.3) is 16.9 Å². The van der Waals surface area contributed by atoms with Gasteiger partial charge < -0.3 is 19.5 Å². The zero-order chi connectivity index (χ0) is 26.6. The summed E-state index contributed by atoms with van der Waals surface area (Å²) in [7, 11) is 4.60. The number of hydrogen-bond donors (Lipinski definition) is 1. The zero-order valence-electron chi connectivity index (χ0n) is 20.3. The molecule has 0 aliphatic rings. The number of nitrogens with zero attached hydrogens (tertiary/aromatic N) is 2. The van der Waals surface area contributed by atoms with Crippen LogP contribution in [0.2, 0.25) is 0 Å². The smallest absolute Gasteiger partial charge is 0.416 e. The number of alkyl halides is 3. The molecule has 0 saturated heterocycles. The minimum atomic E-state index is -4.47. The van der Waals surface area contributed by atoms with Crippen molar-refractivity contribution in [2.24, 2.45) is 0 Å². The van der Waals surface area contributed by atoms with Crippen LogP contribution >= 0.6 is 0 Å². The fourth-order valence-electron chi connectivity index (χ4n) is 3.74. The molecule has 1 N–H and O–H groups in total. The van der Waals surface area contributed by atoms with E-state index in [0.29, 0.717) is 39.8 Å². The predicted octanol–water partition coefficient (Wildman–Crippen LogP) is 5.51. The highest BCUT2D eigenvalue weighted by Crippen LogP contribution is 2.34. The number of halogens is 3. The number of ether oxygens (including phenoxy) is 3. The van der Waals surface area contributed by atoms with E-state index in [1.165, 1.54) is 23.9 Å². The van der Waals surface area contributed by atoms with Gasteiger partial charge in [0.1, 0.15) is 22.9 Å². The molecule has 7 nitrogen and oxygen atoms in total. The molecule has 10 heteroatoms. The number of aromatic nitrogens is 2. The molecule has 0 bridgehead atoms. The first kappa shape index (κ1) is 25.6. The molecule has 4 aromatic rings. The summed E-state index contributed by atoms with van der Waals surface area (Å²) in [5.74, 6) is 1.20. The van der Waals surface area contributed by atoms with E-state index in [-0.39, 0.29) is 12.2 Å². The fraction of sp³-hybridized carbons (Fsp3) is 0.185. The van der Waals surface area contributed by atoms with Crippen LogP contribution in [0.5, 0.6) is 17.2 Å². The molecule has 4 rings (SSSR count). The maximum absolute atomic E-state index is 13.2. The standard InChI is InChI=1S/C27H24F3N3O4/c1-35-20-9-7-19(8-10-20)33-24(15-23(32-33)22-12-11-21(36-2)14-25(22)37-3)26(34)31-16-17-5-4-6-18(13-17)27(28,29)30/h4-15H,16H2,1-3H3,(H,31,34). The van der Waals surface area contributed by atoms with Crippen LogP contribution in [-0.2, 0) is 12.7 Å². The summed E-state index contributed by atoms with van der Waals surface area (Å²) in [6, 6.07) is 18.6. The first-order chi connectivity index (χ1) is 17.7. The van der Waals surface area contributed by atoms with E-state index in [1.807, 2.05) is 0 Å². The summed E-state index contributed by atoms with van der Waals surface area (Å²) in [6.07, 6.45) is -4.47. The third kappa shape index (κ3) is 5.69. The van der Waals surface area contributed by atoms with E-state index in [9.17, 15) is 18.0 Å². The largest absolute Gasteiger partial charge is 0.497 e. The van der Waals surface area contributed by atoms with Gasteiger partial charge >= 0.3 is 6.18 Å². The van der Waals surface area contributed by atoms with Crippen LogP contribution in [0.4, 0.5) is 13.2 Å². The monoisotopic (exact) mass is 511 g/mol. The van der Waals surface area contributed by atoms with Crippen molar-refractivity contribution in [1.29, 1.82) is 0 Å². The number of benzene rings is 3. The molecule has 37 heavy (non-hydrogen) atoms. The Morgan fingerprint density at radius 3 is 2.24 bits per heavy atom. The molecule has 1 amide bonds. The van der Waals surface area contributed by atoms with E-state index in [0.717, 1.165) is 12.1 Å². The summed E-state index contributed by atoms with van der Waals surface area (Å²) in [6.45, 7) is -0.0995. The molecular weight excluding hydrogens is 487 g/mol. The third-order valence-corrected chi connectivity index (χ3v) is 5.65. The first-order valence-electron chi connectivity index (χ1n) is 11.1. The van der Waals surface area contributed by atoms with E-state index in [1.54, 1.807) is 62.8 Å². The van der Waals surface area contributed by atoms with E-state index < -0.39 is 17.6 Å². The molecular formula is C27H24F3N3O4. The topological polar surface area (TPSA) is 74.6 Å². The molecule has 0 unspecified atom stereocenters.